The molecule has 0 radical (unpaired) electrons. The lowest BCUT2D eigenvalue weighted by molar-refractivity contribution is 0.184. The summed E-state index contributed by atoms with van der Waals surface area (Å²) in [6.45, 7) is 5.64. The minimum Gasteiger partial charge on any atom is -0.386 e. The Labute approximate surface area is 157 Å². The van der Waals surface area contributed by atoms with Gasteiger partial charge in [0.1, 0.15) is 6.10 Å². The third kappa shape index (κ3) is 4.80. The van der Waals surface area contributed by atoms with E-state index in [4.69, 9.17) is 0 Å². The molecule has 3 aromatic rings. The van der Waals surface area contributed by atoms with Crippen LogP contribution in [0.15, 0.2) is 53.5 Å². The molecule has 136 valence electrons. The molecule has 0 spiro atoms. The highest BCUT2D eigenvalue weighted by Gasteiger charge is 2.12. The molecule has 0 aliphatic rings. The summed E-state index contributed by atoms with van der Waals surface area (Å²) in [5.41, 5.74) is 1.91. The fourth-order valence-electron chi connectivity index (χ4n) is 2.65. The van der Waals surface area contributed by atoms with Crippen molar-refractivity contribution in [1.29, 1.82) is 0 Å². The third-order valence-electron chi connectivity index (χ3n) is 3.93. The van der Waals surface area contributed by atoms with Gasteiger partial charge in [-0.15, -0.1) is 11.3 Å². The first-order chi connectivity index (χ1) is 12.7. The second-order valence-electron chi connectivity index (χ2n) is 6.05. The Hall–Kier alpha value is -2.44. The van der Waals surface area contributed by atoms with Crippen molar-refractivity contribution in [3.63, 3.8) is 0 Å². The molecule has 26 heavy (non-hydrogen) atoms. The molecule has 3 rings (SSSR count). The fraction of sp³-hybridized carbons (Fsp3) is 0.300. The average Bonchev–Trinajstić information content (AvgIpc) is 3.08. The molecule has 2 aromatic heterocycles. The zero-order valence-electron chi connectivity index (χ0n) is 15.1. The monoisotopic (exact) mass is 368 g/mol. The van der Waals surface area contributed by atoms with Crippen molar-refractivity contribution >= 4 is 27.4 Å². The zero-order chi connectivity index (χ0) is 18.4. The first-order valence-corrected chi connectivity index (χ1v) is 9.58. The quantitative estimate of drug-likeness (QED) is 0.461. The van der Waals surface area contributed by atoms with Crippen molar-refractivity contribution < 1.29 is 5.11 Å². The smallest absolute Gasteiger partial charge is 0.191 e. The molecule has 5 nitrogen and oxygen atoms in total. The van der Waals surface area contributed by atoms with Crippen LogP contribution < -0.4 is 10.6 Å². The van der Waals surface area contributed by atoms with E-state index in [0.717, 1.165) is 28.2 Å². The van der Waals surface area contributed by atoms with Crippen LogP contribution in [-0.2, 0) is 6.54 Å². The summed E-state index contributed by atoms with van der Waals surface area (Å²) in [5, 5.41) is 18.1. The van der Waals surface area contributed by atoms with Crippen LogP contribution in [0.3, 0.4) is 0 Å². The molecule has 1 unspecified atom stereocenters. The number of benzene rings is 1. The molecule has 0 fully saturated rings. The minimum atomic E-state index is -0.576. The van der Waals surface area contributed by atoms with Gasteiger partial charge >= 0.3 is 0 Å². The number of thiophene rings is 1. The van der Waals surface area contributed by atoms with Gasteiger partial charge in [0.25, 0.3) is 0 Å². The van der Waals surface area contributed by atoms with E-state index in [0.29, 0.717) is 19.0 Å². The highest BCUT2D eigenvalue weighted by molar-refractivity contribution is 7.19. The maximum absolute atomic E-state index is 10.5. The van der Waals surface area contributed by atoms with Crippen molar-refractivity contribution in [2.24, 2.45) is 4.99 Å². The number of rotatable bonds is 6. The van der Waals surface area contributed by atoms with Crippen LogP contribution in [0.1, 0.15) is 29.3 Å². The molecule has 0 bridgehead atoms. The van der Waals surface area contributed by atoms with Crippen LogP contribution in [-0.4, -0.2) is 29.1 Å². The third-order valence-corrected chi connectivity index (χ3v) is 5.14. The van der Waals surface area contributed by atoms with E-state index >= 15 is 0 Å². The van der Waals surface area contributed by atoms with Crippen LogP contribution in [0.5, 0.6) is 0 Å². The first kappa shape index (κ1) is 18.4. The van der Waals surface area contributed by atoms with Gasteiger partial charge in [-0.25, -0.2) is 4.99 Å². The average molecular weight is 369 g/mol. The Morgan fingerprint density at radius 1 is 1.19 bits per heavy atom. The summed E-state index contributed by atoms with van der Waals surface area (Å²) >= 11 is 1.62. The molecule has 0 aliphatic heterocycles. The molecular weight excluding hydrogens is 344 g/mol. The predicted octanol–water partition coefficient (Wildman–Crippen LogP) is 3.39. The fourth-order valence-corrected chi connectivity index (χ4v) is 3.70. The first-order valence-electron chi connectivity index (χ1n) is 8.77. The molecule has 1 atom stereocenters. The van der Waals surface area contributed by atoms with E-state index in [-0.39, 0.29) is 0 Å². The summed E-state index contributed by atoms with van der Waals surface area (Å²) in [6.07, 6.45) is -0.576. The normalized spacial score (nSPS) is 13.0. The topological polar surface area (TPSA) is 69.5 Å². The second-order valence-corrected chi connectivity index (χ2v) is 7.16. The molecule has 0 aliphatic carbocycles. The Morgan fingerprint density at radius 2 is 2.04 bits per heavy atom. The number of aryl methyl sites for hydroxylation is 1. The van der Waals surface area contributed by atoms with E-state index in [1.54, 1.807) is 11.3 Å². The van der Waals surface area contributed by atoms with Gasteiger partial charge in [0.15, 0.2) is 5.96 Å². The van der Waals surface area contributed by atoms with Gasteiger partial charge in [-0.2, -0.15) is 0 Å². The molecule has 1 aromatic carbocycles. The number of aliphatic hydroxyl groups excluding tert-OH is 1. The molecule has 2 heterocycles. The highest BCUT2D eigenvalue weighted by atomic mass is 32.1. The molecule has 0 saturated heterocycles. The van der Waals surface area contributed by atoms with Crippen LogP contribution in [0.4, 0.5) is 0 Å². The Morgan fingerprint density at radius 3 is 2.81 bits per heavy atom. The van der Waals surface area contributed by atoms with E-state index in [1.807, 2.05) is 50.2 Å². The number of aliphatic hydroxyl groups is 1. The van der Waals surface area contributed by atoms with Crippen LogP contribution in [0, 0.1) is 6.92 Å². The van der Waals surface area contributed by atoms with E-state index < -0.39 is 6.10 Å². The standard InChI is InChI=1S/C20H24N4OS/c1-3-21-20(22-12-16-9-6-7-14(2)24-16)23-13-17(25)19-11-15-8-4-5-10-18(15)26-19/h4-11,17,25H,3,12-13H2,1-2H3,(H2,21,22,23). The summed E-state index contributed by atoms with van der Waals surface area (Å²) < 4.78 is 1.19. The predicted molar refractivity (Wildman–Crippen MR) is 109 cm³/mol. The summed E-state index contributed by atoms with van der Waals surface area (Å²) in [5.74, 6) is 0.677. The van der Waals surface area contributed by atoms with E-state index in [1.165, 1.54) is 4.70 Å². The van der Waals surface area contributed by atoms with Crippen molar-refractivity contribution in [3.05, 3.63) is 64.8 Å². The number of nitrogens with one attached hydrogen (secondary N) is 2. The van der Waals surface area contributed by atoms with Gasteiger partial charge in [-0.3, -0.25) is 4.98 Å². The Bertz CT molecular complexity index is 857. The van der Waals surface area contributed by atoms with Gasteiger partial charge in [0.05, 0.1) is 12.2 Å². The number of guanidine groups is 1. The van der Waals surface area contributed by atoms with Crippen LogP contribution >= 0.6 is 11.3 Å². The number of hydrogen-bond donors (Lipinski definition) is 3. The van der Waals surface area contributed by atoms with Crippen molar-refractivity contribution in [2.45, 2.75) is 26.5 Å². The molecule has 6 heteroatoms. The van der Waals surface area contributed by atoms with Crippen LogP contribution in [0.25, 0.3) is 10.1 Å². The minimum absolute atomic E-state index is 0.403. The lowest BCUT2D eigenvalue weighted by atomic mass is 10.2. The lowest BCUT2D eigenvalue weighted by Gasteiger charge is -2.14. The largest absolute Gasteiger partial charge is 0.386 e. The molecule has 3 N–H and O–H groups in total. The second kappa shape index (κ2) is 8.78. The summed E-state index contributed by atoms with van der Waals surface area (Å²) in [7, 11) is 0. The lowest BCUT2D eigenvalue weighted by Crippen LogP contribution is -2.39. The SMILES string of the molecule is CCNC(=NCc1cccc(C)n1)NCC(O)c1cc2ccccc2s1. The van der Waals surface area contributed by atoms with Crippen molar-refractivity contribution in [3.8, 4) is 0 Å². The highest BCUT2D eigenvalue weighted by Crippen LogP contribution is 2.29. The maximum Gasteiger partial charge on any atom is 0.191 e. The van der Waals surface area contributed by atoms with Gasteiger partial charge in [-0.1, -0.05) is 24.3 Å². The van der Waals surface area contributed by atoms with Crippen LogP contribution in [0.2, 0.25) is 0 Å². The number of aromatic nitrogens is 1. The Balaban J connectivity index is 1.62. The Kier molecular flexibility index (Phi) is 6.20. The molecule has 0 saturated carbocycles. The maximum atomic E-state index is 10.5. The van der Waals surface area contributed by atoms with Crippen molar-refractivity contribution in [1.82, 2.24) is 15.6 Å². The zero-order valence-corrected chi connectivity index (χ0v) is 15.9. The summed E-state index contributed by atoms with van der Waals surface area (Å²) in [4.78, 5) is 9.97. The number of fused-ring (bicyclic) bond motifs is 1. The number of hydrogen-bond acceptors (Lipinski definition) is 4. The van der Waals surface area contributed by atoms with Gasteiger partial charge in [0, 0.05) is 28.4 Å². The van der Waals surface area contributed by atoms with Crippen molar-refractivity contribution in [2.75, 3.05) is 13.1 Å². The molecule has 0 amide bonds. The van der Waals surface area contributed by atoms with Gasteiger partial charge in [0.2, 0.25) is 0 Å². The van der Waals surface area contributed by atoms with Gasteiger partial charge in [-0.05, 0) is 43.5 Å². The van der Waals surface area contributed by atoms with E-state index in [9.17, 15) is 5.11 Å². The summed E-state index contributed by atoms with van der Waals surface area (Å²) in [6, 6.07) is 16.1. The number of pyridine rings is 1. The molecular formula is C20H24N4OS. The van der Waals surface area contributed by atoms with Gasteiger partial charge < -0.3 is 15.7 Å². The number of aliphatic imine (C=N–C) groups is 1. The van der Waals surface area contributed by atoms with E-state index in [2.05, 4.69) is 32.7 Å². The number of nitrogens with zero attached hydrogens (tertiary/aromatic N) is 2.